The van der Waals surface area contributed by atoms with Gasteiger partial charge in [0.2, 0.25) is 0 Å². The third-order valence-corrected chi connectivity index (χ3v) is 3.16. The first-order chi connectivity index (χ1) is 7.74. The van der Waals surface area contributed by atoms with Gasteiger partial charge in [0.05, 0.1) is 4.47 Å². The van der Waals surface area contributed by atoms with Gasteiger partial charge >= 0.3 is 0 Å². The molecule has 0 aliphatic heterocycles. The number of rotatable bonds is 1. The molecular weight excluding hydrogens is 338 g/mol. The lowest BCUT2D eigenvalue weighted by Gasteiger charge is -1.88. The summed E-state index contributed by atoms with van der Waals surface area (Å²) in [5, 5.41) is 6.86. The molecule has 0 radical (unpaired) electrons. The van der Waals surface area contributed by atoms with Crippen molar-refractivity contribution in [2.24, 2.45) is 0 Å². The van der Waals surface area contributed by atoms with Gasteiger partial charge in [0, 0.05) is 16.9 Å². The fourth-order valence-corrected chi connectivity index (χ4v) is 2.12. The number of hydrogen-bond donors (Lipinski definition) is 2. The molecular formula is C9H5Br2N5. The van der Waals surface area contributed by atoms with Crippen LogP contribution in [0.5, 0.6) is 0 Å². The van der Waals surface area contributed by atoms with Crippen molar-refractivity contribution in [2.45, 2.75) is 0 Å². The molecule has 3 heterocycles. The largest absolute Gasteiger partial charge is 0.321 e. The zero-order chi connectivity index (χ0) is 11.1. The molecule has 3 rings (SSSR count). The fraction of sp³-hybridized carbons (Fsp3) is 0. The van der Waals surface area contributed by atoms with Crippen LogP contribution in [-0.2, 0) is 0 Å². The number of aromatic amines is 2. The Balaban J connectivity index is 2.23. The SMILES string of the molecule is Brc1cnc2[nH]c(-c3n[nH]cc3Br)nc2c1. The third kappa shape index (κ3) is 1.56. The van der Waals surface area contributed by atoms with Crippen molar-refractivity contribution in [1.29, 1.82) is 0 Å². The van der Waals surface area contributed by atoms with E-state index in [9.17, 15) is 0 Å². The van der Waals surface area contributed by atoms with E-state index in [4.69, 9.17) is 0 Å². The molecule has 0 amide bonds. The summed E-state index contributed by atoms with van der Waals surface area (Å²) in [6.07, 6.45) is 3.48. The summed E-state index contributed by atoms with van der Waals surface area (Å²) in [5.74, 6) is 0.689. The van der Waals surface area contributed by atoms with Crippen LogP contribution in [0.15, 0.2) is 27.4 Å². The van der Waals surface area contributed by atoms with Gasteiger partial charge in [-0.05, 0) is 37.9 Å². The van der Waals surface area contributed by atoms with Gasteiger partial charge in [-0.2, -0.15) is 5.10 Å². The lowest BCUT2D eigenvalue weighted by molar-refractivity contribution is 1.08. The van der Waals surface area contributed by atoms with E-state index in [1.54, 1.807) is 12.4 Å². The van der Waals surface area contributed by atoms with E-state index in [2.05, 4.69) is 57.0 Å². The van der Waals surface area contributed by atoms with E-state index in [1.807, 2.05) is 6.07 Å². The van der Waals surface area contributed by atoms with Gasteiger partial charge in [-0.15, -0.1) is 0 Å². The summed E-state index contributed by atoms with van der Waals surface area (Å²) in [5.41, 5.74) is 2.29. The number of aromatic nitrogens is 5. The van der Waals surface area contributed by atoms with Crippen LogP contribution in [0.3, 0.4) is 0 Å². The minimum Gasteiger partial charge on any atom is -0.321 e. The van der Waals surface area contributed by atoms with Crippen molar-refractivity contribution >= 4 is 43.0 Å². The number of H-pyrrole nitrogens is 2. The second-order valence-corrected chi connectivity index (χ2v) is 4.96. The Hall–Kier alpha value is -1.21. The number of hydrogen-bond acceptors (Lipinski definition) is 3. The molecule has 7 heteroatoms. The van der Waals surface area contributed by atoms with E-state index in [-0.39, 0.29) is 0 Å². The molecule has 0 aromatic carbocycles. The van der Waals surface area contributed by atoms with Crippen LogP contribution >= 0.6 is 31.9 Å². The van der Waals surface area contributed by atoms with Crippen LogP contribution in [0, 0.1) is 0 Å². The zero-order valence-corrected chi connectivity index (χ0v) is 11.0. The lowest BCUT2D eigenvalue weighted by atomic mass is 10.4. The van der Waals surface area contributed by atoms with E-state index in [0.29, 0.717) is 5.82 Å². The van der Waals surface area contributed by atoms with Crippen LogP contribution in [0.2, 0.25) is 0 Å². The van der Waals surface area contributed by atoms with Crippen LogP contribution in [0.1, 0.15) is 0 Å². The maximum Gasteiger partial charge on any atom is 0.161 e. The lowest BCUT2D eigenvalue weighted by Crippen LogP contribution is -1.81. The molecule has 0 unspecified atom stereocenters. The van der Waals surface area contributed by atoms with Crippen molar-refractivity contribution in [1.82, 2.24) is 25.1 Å². The predicted molar refractivity (Wildman–Crippen MR) is 66.9 cm³/mol. The number of halogens is 2. The van der Waals surface area contributed by atoms with Gasteiger partial charge in [0.1, 0.15) is 11.2 Å². The summed E-state index contributed by atoms with van der Waals surface area (Å²) in [6, 6.07) is 1.91. The monoisotopic (exact) mass is 341 g/mol. The molecule has 0 bridgehead atoms. The van der Waals surface area contributed by atoms with Crippen molar-refractivity contribution in [3.05, 3.63) is 27.4 Å². The molecule has 5 nitrogen and oxygen atoms in total. The second kappa shape index (κ2) is 3.67. The molecule has 3 aromatic heterocycles. The maximum atomic E-state index is 4.42. The van der Waals surface area contributed by atoms with Crippen LogP contribution in [0.4, 0.5) is 0 Å². The molecule has 80 valence electrons. The number of nitrogens with one attached hydrogen (secondary N) is 2. The predicted octanol–water partition coefficient (Wildman–Crippen LogP) is 2.87. The standard InChI is InChI=1S/C9H5Br2N5/c10-4-1-6-8(12-2-4)15-9(14-6)7-5(11)3-13-16-7/h1-3H,(H,13,16)(H,12,14,15). The highest BCUT2D eigenvalue weighted by molar-refractivity contribution is 9.10. The topological polar surface area (TPSA) is 70.2 Å². The average Bonchev–Trinajstić information content (AvgIpc) is 2.82. The Morgan fingerprint density at radius 1 is 1.25 bits per heavy atom. The van der Waals surface area contributed by atoms with Crippen LogP contribution in [-0.4, -0.2) is 25.1 Å². The summed E-state index contributed by atoms with van der Waals surface area (Å²) in [7, 11) is 0. The summed E-state index contributed by atoms with van der Waals surface area (Å²) < 4.78 is 1.77. The quantitative estimate of drug-likeness (QED) is 0.714. The van der Waals surface area contributed by atoms with E-state index in [1.165, 1.54) is 0 Å². The minimum atomic E-state index is 0.689. The number of imidazole rings is 1. The van der Waals surface area contributed by atoms with Crippen LogP contribution in [0.25, 0.3) is 22.7 Å². The zero-order valence-electron chi connectivity index (χ0n) is 7.83. The Morgan fingerprint density at radius 2 is 2.12 bits per heavy atom. The molecule has 0 atom stereocenters. The van der Waals surface area contributed by atoms with E-state index in [0.717, 1.165) is 25.8 Å². The van der Waals surface area contributed by atoms with Gasteiger partial charge in [-0.25, -0.2) is 9.97 Å². The van der Waals surface area contributed by atoms with E-state index < -0.39 is 0 Å². The van der Waals surface area contributed by atoms with Gasteiger partial charge in [-0.1, -0.05) is 0 Å². The fourth-order valence-electron chi connectivity index (χ4n) is 1.42. The molecule has 3 aromatic rings. The first-order valence-electron chi connectivity index (χ1n) is 4.45. The average molecular weight is 343 g/mol. The molecule has 0 spiro atoms. The molecule has 2 N–H and O–H groups in total. The highest BCUT2D eigenvalue weighted by Gasteiger charge is 2.11. The number of nitrogens with zero attached hydrogens (tertiary/aromatic N) is 3. The first-order valence-corrected chi connectivity index (χ1v) is 6.03. The Labute approximate surface area is 107 Å². The summed E-state index contributed by atoms with van der Waals surface area (Å²) in [4.78, 5) is 11.7. The molecule has 0 saturated heterocycles. The van der Waals surface area contributed by atoms with Crippen molar-refractivity contribution < 1.29 is 0 Å². The molecule has 0 aliphatic rings. The van der Waals surface area contributed by atoms with Gasteiger partial charge < -0.3 is 4.98 Å². The normalized spacial score (nSPS) is 11.1. The highest BCUT2D eigenvalue weighted by Crippen LogP contribution is 2.25. The van der Waals surface area contributed by atoms with Crippen molar-refractivity contribution in [3.63, 3.8) is 0 Å². The Bertz CT molecular complexity index is 657. The maximum absolute atomic E-state index is 4.42. The molecule has 0 saturated carbocycles. The molecule has 0 aliphatic carbocycles. The van der Waals surface area contributed by atoms with Crippen LogP contribution < -0.4 is 0 Å². The molecule has 16 heavy (non-hydrogen) atoms. The number of fused-ring (bicyclic) bond motifs is 1. The third-order valence-electron chi connectivity index (χ3n) is 2.12. The Morgan fingerprint density at radius 3 is 2.88 bits per heavy atom. The van der Waals surface area contributed by atoms with Crippen molar-refractivity contribution in [3.8, 4) is 11.5 Å². The summed E-state index contributed by atoms with van der Waals surface area (Å²) in [6.45, 7) is 0. The van der Waals surface area contributed by atoms with Gasteiger partial charge in [0.25, 0.3) is 0 Å². The number of pyridine rings is 1. The van der Waals surface area contributed by atoms with Gasteiger partial charge in [0.15, 0.2) is 11.5 Å². The van der Waals surface area contributed by atoms with Gasteiger partial charge in [-0.3, -0.25) is 5.10 Å². The Kier molecular flexibility index (Phi) is 2.29. The van der Waals surface area contributed by atoms with E-state index >= 15 is 0 Å². The summed E-state index contributed by atoms with van der Waals surface area (Å²) >= 11 is 6.75. The molecule has 0 fully saturated rings. The van der Waals surface area contributed by atoms with Crippen molar-refractivity contribution in [2.75, 3.05) is 0 Å². The highest BCUT2D eigenvalue weighted by atomic mass is 79.9. The first kappa shape index (κ1) is 9.98. The smallest absolute Gasteiger partial charge is 0.161 e. The second-order valence-electron chi connectivity index (χ2n) is 3.19. The minimum absolute atomic E-state index is 0.689.